The zero-order valence-electron chi connectivity index (χ0n) is 13.8. The van der Waals surface area contributed by atoms with Gasteiger partial charge in [-0.3, -0.25) is 9.79 Å². The number of carbonyl (C=O) groups excluding carboxylic acids is 1. The minimum atomic E-state index is -0.0865. The van der Waals surface area contributed by atoms with Crippen molar-refractivity contribution in [1.29, 1.82) is 0 Å². The highest BCUT2D eigenvalue weighted by Crippen LogP contribution is 2.34. The molecule has 0 unspecified atom stereocenters. The number of hydrogen-bond acceptors (Lipinski definition) is 7. The summed E-state index contributed by atoms with van der Waals surface area (Å²) in [5.41, 5.74) is 1.06. The number of piperidine rings is 1. The van der Waals surface area contributed by atoms with Gasteiger partial charge in [0.25, 0.3) is 0 Å². The lowest BCUT2D eigenvalue weighted by molar-refractivity contribution is -0.135. The normalized spacial score (nSPS) is 23.8. The fourth-order valence-electron chi connectivity index (χ4n) is 3.47. The van der Waals surface area contributed by atoms with Crippen molar-refractivity contribution in [2.75, 3.05) is 19.6 Å². The predicted molar refractivity (Wildman–Crippen MR) is 91.3 cm³/mol. The Balaban J connectivity index is 1.48. The van der Waals surface area contributed by atoms with E-state index in [-0.39, 0.29) is 11.9 Å². The molecule has 0 N–H and O–H groups in total. The number of amidine groups is 1. The number of rotatable bonds is 3. The standard InChI is InChI=1S/C16H21N5O2S/c1-11-18-15(23-19-11)13-5-2-3-7-21(13)14(22)9-12-10-24-16-17-6-4-8-20(12)16/h10,13H,2-9H2,1H3/t13-/m0/s1. The van der Waals surface area contributed by atoms with Gasteiger partial charge in [0.2, 0.25) is 11.8 Å². The molecule has 0 saturated carbocycles. The van der Waals surface area contributed by atoms with Crippen LogP contribution >= 0.6 is 11.8 Å². The van der Waals surface area contributed by atoms with E-state index in [0.29, 0.717) is 18.1 Å². The van der Waals surface area contributed by atoms with Crippen LogP contribution in [0.15, 0.2) is 20.6 Å². The molecule has 3 aliphatic rings. The highest BCUT2D eigenvalue weighted by atomic mass is 32.2. The maximum absolute atomic E-state index is 12.9. The van der Waals surface area contributed by atoms with Crippen LogP contribution in [0.4, 0.5) is 0 Å². The largest absolute Gasteiger partial charge is 0.337 e. The van der Waals surface area contributed by atoms with Crippen molar-refractivity contribution < 1.29 is 9.32 Å². The Morgan fingerprint density at radius 2 is 2.29 bits per heavy atom. The maximum Gasteiger partial charge on any atom is 0.249 e. The van der Waals surface area contributed by atoms with Gasteiger partial charge in [-0.15, -0.1) is 0 Å². The van der Waals surface area contributed by atoms with E-state index < -0.39 is 0 Å². The van der Waals surface area contributed by atoms with Crippen LogP contribution in [0, 0.1) is 6.92 Å². The molecule has 1 atom stereocenters. The highest BCUT2D eigenvalue weighted by Gasteiger charge is 2.34. The van der Waals surface area contributed by atoms with Crippen molar-refractivity contribution in [1.82, 2.24) is 19.9 Å². The van der Waals surface area contributed by atoms with E-state index in [9.17, 15) is 4.79 Å². The van der Waals surface area contributed by atoms with Crippen LogP contribution in [0.1, 0.15) is 49.9 Å². The number of thioether (sulfide) groups is 1. The van der Waals surface area contributed by atoms with E-state index in [1.165, 1.54) is 0 Å². The summed E-state index contributed by atoms with van der Waals surface area (Å²) in [6.45, 7) is 4.40. The third-order valence-corrected chi connectivity index (χ3v) is 5.60. The number of likely N-dealkylation sites (tertiary alicyclic amines) is 1. The molecule has 3 aliphatic heterocycles. The molecule has 1 fully saturated rings. The van der Waals surface area contributed by atoms with Gasteiger partial charge in [-0.1, -0.05) is 16.9 Å². The lowest BCUT2D eigenvalue weighted by atomic mass is 10.0. The van der Waals surface area contributed by atoms with E-state index in [1.54, 1.807) is 18.7 Å². The summed E-state index contributed by atoms with van der Waals surface area (Å²) in [4.78, 5) is 25.9. The highest BCUT2D eigenvalue weighted by molar-refractivity contribution is 8.16. The second kappa shape index (κ2) is 6.58. The van der Waals surface area contributed by atoms with Gasteiger partial charge in [0.1, 0.15) is 6.04 Å². The first-order valence-electron chi connectivity index (χ1n) is 8.50. The molecule has 1 saturated heterocycles. The van der Waals surface area contributed by atoms with Crippen LogP contribution in [0.5, 0.6) is 0 Å². The Labute approximate surface area is 145 Å². The number of aryl methyl sites for hydroxylation is 1. The molecule has 128 valence electrons. The second-order valence-electron chi connectivity index (χ2n) is 6.35. The SMILES string of the molecule is Cc1noc([C@@H]2CCCCN2C(=O)CC2=CSC3=NCCCN23)n1. The summed E-state index contributed by atoms with van der Waals surface area (Å²) in [5.74, 6) is 1.32. The smallest absolute Gasteiger partial charge is 0.249 e. The third kappa shape index (κ3) is 2.94. The fourth-order valence-corrected chi connectivity index (χ4v) is 4.42. The zero-order chi connectivity index (χ0) is 16.5. The van der Waals surface area contributed by atoms with Crippen LogP contribution in [-0.4, -0.2) is 50.6 Å². The Bertz CT molecular complexity index is 698. The molecular weight excluding hydrogens is 326 g/mol. The molecule has 1 aromatic rings. The van der Waals surface area contributed by atoms with E-state index >= 15 is 0 Å². The minimum absolute atomic E-state index is 0.0865. The van der Waals surface area contributed by atoms with Crippen LogP contribution in [0.2, 0.25) is 0 Å². The van der Waals surface area contributed by atoms with E-state index in [1.807, 2.05) is 4.90 Å². The van der Waals surface area contributed by atoms with Crippen LogP contribution in [-0.2, 0) is 4.79 Å². The van der Waals surface area contributed by atoms with Crippen molar-refractivity contribution in [3.05, 3.63) is 22.8 Å². The maximum atomic E-state index is 12.9. The number of aromatic nitrogens is 2. The van der Waals surface area contributed by atoms with Crippen molar-refractivity contribution in [3.8, 4) is 0 Å². The summed E-state index contributed by atoms with van der Waals surface area (Å²) in [6.07, 6.45) is 4.45. The molecule has 1 amide bonds. The van der Waals surface area contributed by atoms with Gasteiger partial charge in [-0.05, 0) is 38.0 Å². The molecule has 24 heavy (non-hydrogen) atoms. The van der Waals surface area contributed by atoms with Crippen LogP contribution in [0.3, 0.4) is 0 Å². The summed E-state index contributed by atoms with van der Waals surface area (Å²) in [7, 11) is 0. The van der Waals surface area contributed by atoms with Crippen LogP contribution in [0.25, 0.3) is 0 Å². The topological polar surface area (TPSA) is 74.8 Å². The Morgan fingerprint density at radius 3 is 3.12 bits per heavy atom. The van der Waals surface area contributed by atoms with Crippen molar-refractivity contribution in [2.24, 2.45) is 4.99 Å². The van der Waals surface area contributed by atoms with Crippen molar-refractivity contribution in [2.45, 2.75) is 45.1 Å². The monoisotopic (exact) mass is 347 g/mol. The zero-order valence-corrected chi connectivity index (χ0v) is 14.6. The van der Waals surface area contributed by atoms with E-state index in [2.05, 4.69) is 25.4 Å². The van der Waals surface area contributed by atoms with Crippen molar-refractivity contribution in [3.63, 3.8) is 0 Å². The van der Waals surface area contributed by atoms with Gasteiger partial charge in [-0.25, -0.2) is 0 Å². The number of carbonyl (C=O) groups is 1. The summed E-state index contributed by atoms with van der Waals surface area (Å²) in [6, 6.07) is -0.0865. The average Bonchev–Trinajstić information content (AvgIpc) is 3.22. The van der Waals surface area contributed by atoms with Gasteiger partial charge in [0, 0.05) is 25.3 Å². The number of fused-ring (bicyclic) bond motifs is 1. The molecular formula is C16H21N5O2S. The summed E-state index contributed by atoms with van der Waals surface area (Å²) >= 11 is 1.63. The number of nitrogens with zero attached hydrogens (tertiary/aromatic N) is 5. The predicted octanol–water partition coefficient (Wildman–Crippen LogP) is 2.47. The number of amides is 1. The van der Waals surface area contributed by atoms with Crippen molar-refractivity contribution >= 4 is 22.8 Å². The van der Waals surface area contributed by atoms with E-state index in [0.717, 1.165) is 56.2 Å². The molecule has 8 heteroatoms. The molecule has 1 aromatic heterocycles. The van der Waals surface area contributed by atoms with Crippen LogP contribution < -0.4 is 0 Å². The number of aliphatic imine (C=N–C) groups is 1. The molecule has 7 nitrogen and oxygen atoms in total. The first-order chi connectivity index (χ1) is 11.7. The molecule has 0 radical (unpaired) electrons. The summed E-state index contributed by atoms with van der Waals surface area (Å²) < 4.78 is 5.34. The molecule has 0 bridgehead atoms. The molecule has 4 heterocycles. The quantitative estimate of drug-likeness (QED) is 0.836. The minimum Gasteiger partial charge on any atom is -0.337 e. The third-order valence-electron chi connectivity index (χ3n) is 4.65. The lowest BCUT2D eigenvalue weighted by Crippen LogP contribution is -2.40. The fraction of sp³-hybridized carbons (Fsp3) is 0.625. The summed E-state index contributed by atoms with van der Waals surface area (Å²) in [5, 5.41) is 6.98. The Morgan fingerprint density at radius 1 is 1.38 bits per heavy atom. The Kier molecular flexibility index (Phi) is 4.30. The second-order valence-corrected chi connectivity index (χ2v) is 7.19. The first kappa shape index (κ1) is 15.7. The van der Waals surface area contributed by atoms with Gasteiger partial charge >= 0.3 is 0 Å². The lowest BCUT2D eigenvalue weighted by Gasteiger charge is -2.34. The molecule has 4 rings (SSSR count). The van der Waals surface area contributed by atoms with Gasteiger partial charge in [-0.2, -0.15) is 4.98 Å². The van der Waals surface area contributed by atoms with Gasteiger partial charge in [0.15, 0.2) is 11.0 Å². The molecule has 0 aromatic carbocycles. The number of hydrogen-bond donors (Lipinski definition) is 0. The van der Waals surface area contributed by atoms with Gasteiger partial charge < -0.3 is 14.3 Å². The first-order valence-corrected chi connectivity index (χ1v) is 9.38. The average molecular weight is 347 g/mol. The van der Waals surface area contributed by atoms with Gasteiger partial charge in [0.05, 0.1) is 6.42 Å². The Hall–Kier alpha value is -1.83. The van der Waals surface area contributed by atoms with E-state index in [4.69, 9.17) is 4.52 Å². The molecule has 0 spiro atoms. The molecule has 0 aliphatic carbocycles.